The Balaban J connectivity index is 1.61. The molecule has 158 valence electrons. The molecule has 2 amide bonds. The molecule has 30 heavy (non-hydrogen) atoms. The molecule has 3 aromatic rings. The van der Waals surface area contributed by atoms with Gasteiger partial charge in [-0.15, -0.1) is 0 Å². The summed E-state index contributed by atoms with van der Waals surface area (Å²) >= 11 is 0. The Kier molecular flexibility index (Phi) is 5.83. The van der Waals surface area contributed by atoms with Crippen LogP contribution in [-0.2, 0) is 0 Å². The molecule has 0 atom stereocenters. The number of fused-ring (bicyclic) bond motifs is 1. The Labute approximate surface area is 176 Å². The zero-order valence-electron chi connectivity index (χ0n) is 17.9. The molecule has 1 N–H and O–H groups in total. The van der Waals surface area contributed by atoms with Crippen molar-refractivity contribution in [3.63, 3.8) is 0 Å². The van der Waals surface area contributed by atoms with Gasteiger partial charge in [-0.25, -0.2) is 19.4 Å². The molecule has 0 saturated carbocycles. The van der Waals surface area contributed by atoms with Crippen LogP contribution in [0, 0.1) is 13.8 Å². The van der Waals surface area contributed by atoms with Crippen LogP contribution in [-0.4, -0.2) is 63.4 Å². The molecule has 1 saturated heterocycles. The van der Waals surface area contributed by atoms with E-state index in [1.54, 1.807) is 0 Å². The summed E-state index contributed by atoms with van der Waals surface area (Å²) in [6.45, 7) is 9.76. The number of hydrogen-bond donors (Lipinski definition) is 1. The minimum atomic E-state index is 0.0231. The van der Waals surface area contributed by atoms with Crippen LogP contribution < -0.4 is 10.2 Å². The smallest absolute Gasteiger partial charge is 0.317 e. The van der Waals surface area contributed by atoms with Crippen LogP contribution in [0.2, 0.25) is 0 Å². The number of amides is 2. The molecule has 8 heteroatoms. The number of hydrogen-bond acceptors (Lipinski definition) is 5. The van der Waals surface area contributed by atoms with Gasteiger partial charge in [0.1, 0.15) is 11.6 Å². The van der Waals surface area contributed by atoms with Gasteiger partial charge in [0.05, 0.1) is 17.3 Å². The van der Waals surface area contributed by atoms with Gasteiger partial charge in [0.15, 0.2) is 5.65 Å². The number of nitrogens with zero attached hydrogens (tertiary/aromatic N) is 6. The second-order valence-electron chi connectivity index (χ2n) is 7.78. The third-order valence-corrected chi connectivity index (χ3v) is 5.41. The maximum atomic E-state index is 12.4. The summed E-state index contributed by atoms with van der Waals surface area (Å²) in [7, 11) is 0. The third kappa shape index (κ3) is 4.08. The normalized spacial score (nSPS) is 14.8. The molecule has 2 aromatic heterocycles. The maximum Gasteiger partial charge on any atom is 0.317 e. The zero-order chi connectivity index (χ0) is 21.1. The maximum absolute atomic E-state index is 12.4. The minimum absolute atomic E-state index is 0.0231. The van der Waals surface area contributed by atoms with Crippen molar-refractivity contribution in [2.75, 3.05) is 37.6 Å². The Hall–Kier alpha value is -3.16. The summed E-state index contributed by atoms with van der Waals surface area (Å²) in [5.74, 6) is 1.61. The van der Waals surface area contributed by atoms with E-state index in [0.717, 1.165) is 55.0 Å². The van der Waals surface area contributed by atoms with E-state index in [2.05, 4.69) is 58.4 Å². The molecule has 3 heterocycles. The molecule has 0 bridgehead atoms. The standard InChI is InChI=1S/C22H29N7O/c1-4-10-23-22(30)28-12-5-11-27(13-14-28)20-19-15-24-29(21(19)26-17(3)25-20)18-8-6-16(2)7-9-18/h6-9,15H,4-5,10-14H2,1-3H3,(H,23,30). The molecule has 0 aliphatic carbocycles. The van der Waals surface area contributed by atoms with Crippen LogP contribution in [0.5, 0.6) is 0 Å². The lowest BCUT2D eigenvalue weighted by molar-refractivity contribution is 0.201. The van der Waals surface area contributed by atoms with Crippen molar-refractivity contribution >= 4 is 22.9 Å². The summed E-state index contributed by atoms with van der Waals surface area (Å²) in [5.41, 5.74) is 3.00. The summed E-state index contributed by atoms with van der Waals surface area (Å²) in [4.78, 5) is 25.9. The van der Waals surface area contributed by atoms with E-state index in [4.69, 9.17) is 4.98 Å². The molecule has 1 aliphatic rings. The Morgan fingerprint density at radius 3 is 2.63 bits per heavy atom. The van der Waals surface area contributed by atoms with Crippen molar-refractivity contribution in [2.24, 2.45) is 0 Å². The Bertz CT molecular complexity index is 1030. The second-order valence-corrected chi connectivity index (χ2v) is 7.78. The van der Waals surface area contributed by atoms with E-state index in [9.17, 15) is 4.79 Å². The third-order valence-electron chi connectivity index (χ3n) is 5.41. The number of urea groups is 1. The van der Waals surface area contributed by atoms with Gasteiger partial charge in [-0.3, -0.25) is 0 Å². The number of carbonyl (C=O) groups excluding carboxylic acids is 1. The number of aryl methyl sites for hydroxylation is 2. The minimum Gasteiger partial charge on any atom is -0.354 e. The fraction of sp³-hybridized carbons (Fsp3) is 0.455. The molecule has 1 fully saturated rings. The van der Waals surface area contributed by atoms with E-state index < -0.39 is 0 Å². The molecule has 0 unspecified atom stereocenters. The highest BCUT2D eigenvalue weighted by molar-refractivity contribution is 5.88. The zero-order valence-corrected chi connectivity index (χ0v) is 17.9. The largest absolute Gasteiger partial charge is 0.354 e. The molecule has 1 aliphatic heterocycles. The molecule has 1 aromatic carbocycles. The quantitative estimate of drug-likeness (QED) is 0.719. The molecule has 4 rings (SSSR count). The van der Waals surface area contributed by atoms with Crippen molar-refractivity contribution in [1.29, 1.82) is 0 Å². The van der Waals surface area contributed by atoms with Crippen LogP contribution in [0.3, 0.4) is 0 Å². The van der Waals surface area contributed by atoms with Crippen molar-refractivity contribution in [3.05, 3.63) is 41.9 Å². The fourth-order valence-corrected chi connectivity index (χ4v) is 3.79. The van der Waals surface area contributed by atoms with Gasteiger partial charge in [0, 0.05) is 32.7 Å². The topological polar surface area (TPSA) is 79.2 Å². The number of benzene rings is 1. The highest BCUT2D eigenvalue weighted by Crippen LogP contribution is 2.26. The molecular weight excluding hydrogens is 378 g/mol. The van der Waals surface area contributed by atoms with E-state index in [-0.39, 0.29) is 6.03 Å². The van der Waals surface area contributed by atoms with Crippen molar-refractivity contribution in [1.82, 2.24) is 30.0 Å². The monoisotopic (exact) mass is 407 g/mol. The van der Waals surface area contributed by atoms with Gasteiger partial charge >= 0.3 is 6.03 Å². The first-order chi connectivity index (χ1) is 14.6. The van der Waals surface area contributed by atoms with Crippen molar-refractivity contribution in [2.45, 2.75) is 33.6 Å². The average molecular weight is 408 g/mol. The summed E-state index contributed by atoms with van der Waals surface area (Å²) < 4.78 is 1.87. The first-order valence-corrected chi connectivity index (χ1v) is 10.6. The molecule has 8 nitrogen and oxygen atoms in total. The van der Waals surface area contributed by atoms with Gasteiger partial charge in [0.2, 0.25) is 0 Å². The SMILES string of the molecule is CCCNC(=O)N1CCCN(c2nc(C)nc3c2cnn3-c2ccc(C)cc2)CC1. The predicted octanol–water partition coefficient (Wildman–Crippen LogP) is 3.06. The number of rotatable bonds is 4. The van der Waals surface area contributed by atoms with Crippen LogP contribution in [0.1, 0.15) is 31.2 Å². The summed E-state index contributed by atoms with van der Waals surface area (Å²) in [6, 6.07) is 8.28. The van der Waals surface area contributed by atoms with Crippen LogP contribution in [0.25, 0.3) is 16.7 Å². The van der Waals surface area contributed by atoms with Crippen LogP contribution in [0.4, 0.5) is 10.6 Å². The molecule has 0 spiro atoms. The second kappa shape index (κ2) is 8.69. The lowest BCUT2D eigenvalue weighted by Crippen LogP contribution is -2.42. The van der Waals surface area contributed by atoms with Gasteiger partial charge in [-0.1, -0.05) is 24.6 Å². The van der Waals surface area contributed by atoms with Gasteiger partial charge in [0.25, 0.3) is 0 Å². The Morgan fingerprint density at radius 1 is 1.07 bits per heavy atom. The summed E-state index contributed by atoms with van der Waals surface area (Å²) in [6.07, 6.45) is 3.69. The summed E-state index contributed by atoms with van der Waals surface area (Å²) in [5, 5.41) is 8.52. The highest BCUT2D eigenvalue weighted by atomic mass is 16.2. The first-order valence-electron chi connectivity index (χ1n) is 10.6. The van der Waals surface area contributed by atoms with Crippen molar-refractivity contribution < 1.29 is 4.79 Å². The van der Waals surface area contributed by atoms with Crippen LogP contribution >= 0.6 is 0 Å². The van der Waals surface area contributed by atoms with Crippen molar-refractivity contribution in [3.8, 4) is 5.69 Å². The van der Waals surface area contributed by atoms with E-state index in [1.807, 2.05) is 22.7 Å². The number of anilines is 1. The number of carbonyl (C=O) groups is 1. The number of nitrogens with one attached hydrogen (secondary N) is 1. The van der Waals surface area contributed by atoms with Gasteiger partial charge < -0.3 is 15.1 Å². The van der Waals surface area contributed by atoms with E-state index >= 15 is 0 Å². The first kappa shape index (κ1) is 20.1. The van der Waals surface area contributed by atoms with Gasteiger partial charge in [-0.05, 0) is 38.8 Å². The number of aromatic nitrogens is 4. The van der Waals surface area contributed by atoms with Gasteiger partial charge in [-0.2, -0.15) is 5.10 Å². The van der Waals surface area contributed by atoms with E-state index in [0.29, 0.717) is 18.9 Å². The predicted molar refractivity (Wildman–Crippen MR) is 118 cm³/mol. The van der Waals surface area contributed by atoms with E-state index in [1.165, 1.54) is 5.56 Å². The average Bonchev–Trinajstić information content (AvgIpc) is 3.00. The lowest BCUT2D eigenvalue weighted by atomic mass is 10.2. The Morgan fingerprint density at radius 2 is 1.87 bits per heavy atom. The van der Waals surface area contributed by atoms with Crippen LogP contribution in [0.15, 0.2) is 30.5 Å². The molecular formula is C22H29N7O. The highest BCUT2D eigenvalue weighted by Gasteiger charge is 2.22. The lowest BCUT2D eigenvalue weighted by Gasteiger charge is -2.23. The molecule has 0 radical (unpaired) electrons. The fourth-order valence-electron chi connectivity index (χ4n) is 3.79.